The summed E-state index contributed by atoms with van der Waals surface area (Å²) in [4.78, 5) is 24.9. The summed E-state index contributed by atoms with van der Waals surface area (Å²) >= 11 is 0. The van der Waals surface area contributed by atoms with Crippen molar-refractivity contribution in [2.45, 2.75) is 40.0 Å². The second kappa shape index (κ2) is 11.5. The fraction of sp³-hybridized carbons (Fsp3) is 0.304. The smallest absolute Gasteiger partial charge is 0.252 e. The van der Waals surface area contributed by atoms with Crippen LogP contribution in [0, 0.1) is 19.8 Å². The van der Waals surface area contributed by atoms with E-state index in [4.69, 9.17) is 0 Å². The van der Waals surface area contributed by atoms with Crippen LogP contribution in [-0.4, -0.2) is 24.2 Å². The highest BCUT2D eigenvalue weighted by molar-refractivity contribution is 6.00. The minimum absolute atomic E-state index is 0.439. The Morgan fingerprint density at radius 1 is 0.828 bits per heavy atom. The van der Waals surface area contributed by atoms with Crippen molar-refractivity contribution in [1.29, 1.82) is 0 Å². The summed E-state index contributed by atoms with van der Waals surface area (Å²) in [6.45, 7) is 6.01. The van der Waals surface area contributed by atoms with E-state index in [9.17, 15) is 9.59 Å². The summed E-state index contributed by atoms with van der Waals surface area (Å²) in [5.41, 5.74) is 8.97. The third-order valence-electron chi connectivity index (χ3n) is 4.41. The fourth-order valence-corrected chi connectivity index (χ4v) is 2.59. The molecule has 0 saturated carbocycles. The summed E-state index contributed by atoms with van der Waals surface area (Å²) in [6, 6.07) is 15.5. The van der Waals surface area contributed by atoms with Crippen LogP contribution < -0.4 is 10.9 Å². The molecule has 0 radical (unpaired) electrons. The molecule has 2 aromatic carbocycles. The average Bonchev–Trinajstić information content (AvgIpc) is 2.71. The zero-order valence-corrected chi connectivity index (χ0v) is 17.2. The Labute approximate surface area is 172 Å². The summed E-state index contributed by atoms with van der Waals surface area (Å²) in [5.74, 6) is -1.73. The molecule has 152 valence electrons. The van der Waals surface area contributed by atoms with Gasteiger partial charge in [0.1, 0.15) is 5.92 Å². The van der Waals surface area contributed by atoms with Gasteiger partial charge in [-0.05, 0) is 31.4 Å². The second-order valence-corrected chi connectivity index (χ2v) is 6.98. The molecule has 2 aromatic rings. The molecule has 6 heteroatoms. The fourth-order valence-electron chi connectivity index (χ4n) is 2.59. The summed E-state index contributed by atoms with van der Waals surface area (Å²) in [5, 5.41) is 7.95. The van der Waals surface area contributed by atoms with Gasteiger partial charge in [0, 0.05) is 0 Å². The summed E-state index contributed by atoms with van der Waals surface area (Å²) in [6.07, 6.45) is 5.20. The molecule has 0 bridgehead atoms. The zero-order valence-electron chi connectivity index (χ0n) is 17.2. The number of hydrogen-bond acceptors (Lipinski definition) is 4. The van der Waals surface area contributed by atoms with Gasteiger partial charge >= 0.3 is 0 Å². The van der Waals surface area contributed by atoms with Crippen molar-refractivity contribution in [1.82, 2.24) is 10.9 Å². The van der Waals surface area contributed by atoms with Gasteiger partial charge in [0.15, 0.2) is 0 Å². The predicted octanol–water partition coefficient (Wildman–Crippen LogP) is 3.71. The van der Waals surface area contributed by atoms with Crippen LogP contribution in [-0.2, 0) is 9.59 Å². The number of hydrogen-bond donors (Lipinski definition) is 2. The van der Waals surface area contributed by atoms with E-state index in [1.165, 1.54) is 0 Å². The maximum atomic E-state index is 12.5. The van der Waals surface area contributed by atoms with Crippen LogP contribution >= 0.6 is 0 Å². The number of carbonyl (C=O) groups excluding carboxylic acids is 2. The van der Waals surface area contributed by atoms with Crippen molar-refractivity contribution < 1.29 is 9.59 Å². The molecular formula is C23H28N4O2. The lowest BCUT2D eigenvalue weighted by Crippen LogP contribution is -2.38. The van der Waals surface area contributed by atoms with Gasteiger partial charge in [-0.1, -0.05) is 79.4 Å². The Kier molecular flexibility index (Phi) is 8.76. The zero-order chi connectivity index (χ0) is 21.1. The van der Waals surface area contributed by atoms with Gasteiger partial charge < -0.3 is 0 Å². The van der Waals surface area contributed by atoms with Gasteiger partial charge in [-0.2, -0.15) is 10.2 Å². The topological polar surface area (TPSA) is 82.9 Å². The number of aryl methyl sites for hydroxylation is 2. The molecule has 0 spiro atoms. The molecule has 29 heavy (non-hydrogen) atoms. The van der Waals surface area contributed by atoms with Crippen LogP contribution in [0.15, 0.2) is 58.7 Å². The van der Waals surface area contributed by atoms with Crippen molar-refractivity contribution >= 4 is 24.2 Å². The van der Waals surface area contributed by atoms with Crippen LogP contribution in [0.3, 0.4) is 0 Å². The van der Waals surface area contributed by atoms with Gasteiger partial charge in [-0.25, -0.2) is 10.9 Å². The quantitative estimate of drug-likeness (QED) is 0.387. The summed E-state index contributed by atoms with van der Waals surface area (Å²) in [7, 11) is 0. The third kappa shape index (κ3) is 7.70. The van der Waals surface area contributed by atoms with E-state index >= 15 is 0 Å². The molecule has 6 nitrogen and oxygen atoms in total. The molecule has 0 unspecified atom stereocenters. The number of benzene rings is 2. The second-order valence-electron chi connectivity index (χ2n) is 6.98. The van der Waals surface area contributed by atoms with Crippen LogP contribution in [0.2, 0.25) is 0 Å². The van der Waals surface area contributed by atoms with Crippen molar-refractivity contribution in [3.8, 4) is 0 Å². The van der Waals surface area contributed by atoms with E-state index in [1.54, 1.807) is 12.4 Å². The van der Waals surface area contributed by atoms with Crippen molar-refractivity contribution in [2.75, 3.05) is 0 Å². The van der Waals surface area contributed by atoms with E-state index < -0.39 is 17.7 Å². The minimum Gasteiger partial charge on any atom is -0.272 e. The van der Waals surface area contributed by atoms with Crippen LogP contribution in [0.5, 0.6) is 0 Å². The van der Waals surface area contributed by atoms with Gasteiger partial charge in [-0.3, -0.25) is 9.59 Å². The molecule has 2 amide bonds. The largest absolute Gasteiger partial charge is 0.272 e. The molecule has 0 fully saturated rings. The lowest BCUT2D eigenvalue weighted by atomic mass is 10.0. The van der Waals surface area contributed by atoms with E-state index in [0.29, 0.717) is 6.42 Å². The molecule has 0 aliphatic heterocycles. The number of nitrogens with one attached hydrogen (secondary N) is 2. The monoisotopic (exact) mass is 392 g/mol. The van der Waals surface area contributed by atoms with Gasteiger partial charge in [0.05, 0.1) is 12.4 Å². The first-order valence-corrected chi connectivity index (χ1v) is 9.78. The van der Waals surface area contributed by atoms with Crippen LogP contribution in [0.25, 0.3) is 0 Å². The number of nitrogens with zero attached hydrogens (tertiary/aromatic N) is 2. The summed E-state index contributed by atoms with van der Waals surface area (Å²) < 4.78 is 0. The highest BCUT2D eigenvalue weighted by atomic mass is 16.2. The standard InChI is InChI=1S/C23H28N4O2/c1-4-5-6-21(22(28)26-24-15-19-11-7-17(2)8-12-19)23(29)27-25-16-20-13-9-18(3)10-14-20/h7-16,21H,4-6H2,1-3H3,(H,26,28)(H,27,29)/b24-15+,25-16+. The molecule has 0 saturated heterocycles. The Hall–Kier alpha value is -3.28. The SMILES string of the molecule is CCCCC(C(=O)N/N=C/c1ccc(C)cc1)C(=O)N/N=C/c1ccc(C)cc1. The molecule has 2 N–H and O–H groups in total. The maximum absolute atomic E-state index is 12.5. The molecule has 0 aliphatic rings. The third-order valence-corrected chi connectivity index (χ3v) is 4.41. The van der Waals surface area contributed by atoms with E-state index in [2.05, 4.69) is 21.1 Å². The number of unbranched alkanes of at least 4 members (excludes halogenated alkanes) is 1. The Bertz CT molecular complexity index is 786. The number of carbonyl (C=O) groups is 2. The van der Waals surface area contributed by atoms with Crippen LogP contribution in [0.1, 0.15) is 48.4 Å². The normalized spacial score (nSPS) is 11.3. The predicted molar refractivity (Wildman–Crippen MR) is 117 cm³/mol. The number of hydrazone groups is 2. The first kappa shape index (κ1) is 22.0. The molecule has 0 aromatic heterocycles. The van der Waals surface area contributed by atoms with E-state index in [1.807, 2.05) is 69.3 Å². The Morgan fingerprint density at radius 3 is 1.62 bits per heavy atom. The lowest BCUT2D eigenvalue weighted by molar-refractivity contribution is -0.135. The van der Waals surface area contributed by atoms with Crippen molar-refractivity contribution in [2.24, 2.45) is 16.1 Å². The minimum atomic E-state index is -0.847. The van der Waals surface area contributed by atoms with Gasteiger partial charge in [0.25, 0.3) is 11.8 Å². The average molecular weight is 393 g/mol. The van der Waals surface area contributed by atoms with Crippen LogP contribution in [0.4, 0.5) is 0 Å². The molecular weight excluding hydrogens is 364 g/mol. The molecule has 2 rings (SSSR count). The molecule has 0 heterocycles. The van der Waals surface area contributed by atoms with Crippen molar-refractivity contribution in [3.05, 3.63) is 70.8 Å². The first-order valence-electron chi connectivity index (χ1n) is 9.78. The molecule has 0 atom stereocenters. The Morgan fingerprint density at radius 2 is 1.24 bits per heavy atom. The lowest BCUT2D eigenvalue weighted by Gasteiger charge is -2.12. The maximum Gasteiger partial charge on any atom is 0.252 e. The van der Waals surface area contributed by atoms with E-state index in [-0.39, 0.29) is 0 Å². The Balaban J connectivity index is 1.94. The number of rotatable bonds is 9. The first-order chi connectivity index (χ1) is 14.0. The molecule has 0 aliphatic carbocycles. The van der Waals surface area contributed by atoms with E-state index in [0.717, 1.165) is 35.1 Å². The van der Waals surface area contributed by atoms with Crippen molar-refractivity contribution in [3.63, 3.8) is 0 Å². The van der Waals surface area contributed by atoms with Gasteiger partial charge in [-0.15, -0.1) is 0 Å². The highest BCUT2D eigenvalue weighted by Gasteiger charge is 2.25. The van der Waals surface area contributed by atoms with Gasteiger partial charge in [0.2, 0.25) is 0 Å². The number of amides is 2. The highest BCUT2D eigenvalue weighted by Crippen LogP contribution is 2.10.